The second kappa shape index (κ2) is 7.56. The quantitative estimate of drug-likeness (QED) is 0.679. The van der Waals surface area contributed by atoms with E-state index in [0.29, 0.717) is 6.04 Å². The van der Waals surface area contributed by atoms with Gasteiger partial charge in [-0.15, -0.1) is 11.3 Å². The predicted octanol–water partition coefficient (Wildman–Crippen LogP) is 5.18. The Labute approximate surface area is 164 Å². The first-order valence-corrected chi connectivity index (χ1v) is 11.0. The Hall–Kier alpha value is -1.98. The summed E-state index contributed by atoms with van der Waals surface area (Å²) in [6.45, 7) is 2.41. The number of thiophene rings is 1. The normalized spacial score (nSPS) is 21.7. The average molecular weight is 379 g/mol. The second-order valence-electron chi connectivity index (χ2n) is 7.83. The van der Waals surface area contributed by atoms with Crippen LogP contribution >= 0.6 is 11.3 Å². The lowest BCUT2D eigenvalue weighted by atomic mass is 10.0. The van der Waals surface area contributed by atoms with Crippen molar-refractivity contribution >= 4 is 27.4 Å². The maximum Gasteiger partial charge on any atom is 0.138 e. The summed E-state index contributed by atoms with van der Waals surface area (Å²) in [5.74, 6) is 0.997. The van der Waals surface area contributed by atoms with Gasteiger partial charge in [0.15, 0.2) is 0 Å². The predicted molar refractivity (Wildman–Crippen MR) is 113 cm³/mol. The molecule has 0 amide bonds. The lowest BCUT2D eigenvalue weighted by Crippen LogP contribution is -2.46. The summed E-state index contributed by atoms with van der Waals surface area (Å²) in [5.41, 5.74) is 1.25. The van der Waals surface area contributed by atoms with E-state index in [9.17, 15) is 0 Å². The molecule has 140 valence electrons. The van der Waals surface area contributed by atoms with Crippen LogP contribution in [0.2, 0.25) is 0 Å². The molecule has 2 aromatic heterocycles. The molecule has 0 bridgehead atoms. The number of aromatic nitrogens is 2. The topological polar surface area (TPSA) is 41.0 Å². The first-order valence-electron chi connectivity index (χ1n) is 10.2. The van der Waals surface area contributed by atoms with Crippen LogP contribution < -0.4 is 5.32 Å². The van der Waals surface area contributed by atoms with Crippen molar-refractivity contribution in [3.05, 3.63) is 42.7 Å². The summed E-state index contributed by atoms with van der Waals surface area (Å²) in [7, 11) is 0. The van der Waals surface area contributed by atoms with Gasteiger partial charge in [0.25, 0.3) is 0 Å². The molecule has 1 atom stereocenters. The molecule has 1 saturated heterocycles. The number of fused-ring (bicyclic) bond motifs is 1. The van der Waals surface area contributed by atoms with Crippen molar-refractivity contribution in [1.29, 1.82) is 0 Å². The Morgan fingerprint density at radius 3 is 2.70 bits per heavy atom. The SMILES string of the molecule is c1ccc(-c2cc3c(N[C@H]4CCCN(C5CCCC5)C4)ncnc3s2)cc1. The van der Waals surface area contributed by atoms with Gasteiger partial charge in [0.1, 0.15) is 17.0 Å². The molecule has 1 aliphatic heterocycles. The van der Waals surface area contributed by atoms with Crippen LogP contribution in [0.5, 0.6) is 0 Å². The number of benzene rings is 1. The minimum Gasteiger partial charge on any atom is -0.365 e. The van der Waals surface area contributed by atoms with E-state index in [4.69, 9.17) is 0 Å². The van der Waals surface area contributed by atoms with E-state index in [1.807, 2.05) is 0 Å². The van der Waals surface area contributed by atoms with E-state index < -0.39 is 0 Å². The molecule has 5 heteroatoms. The molecule has 1 N–H and O–H groups in total. The van der Waals surface area contributed by atoms with Gasteiger partial charge in [0, 0.05) is 23.5 Å². The molecule has 4 nitrogen and oxygen atoms in total. The number of hydrogen-bond acceptors (Lipinski definition) is 5. The third kappa shape index (κ3) is 3.58. The second-order valence-corrected chi connectivity index (χ2v) is 8.87. The van der Waals surface area contributed by atoms with E-state index in [-0.39, 0.29) is 0 Å². The van der Waals surface area contributed by atoms with Gasteiger partial charge >= 0.3 is 0 Å². The highest BCUT2D eigenvalue weighted by Crippen LogP contribution is 2.35. The fourth-order valence-electron chi connectivity index (χ4n) is 4.63. The monoisotopic (exact) mass is 378 g/mol. The molecular formula is C22H26N4S. The first kappa shape index (κ1) is 17.1. The van der Waals surface area contributed by atoms with Crippen LogP contribution in [0, 0.1) is 0 Å². The van der Waals surface area contributed by atoms with Crippen molar-refractivity contribution in [1.82, 2.24) is 14.9 Å². The lowest BCUT2D eigenvalue weighted by Gasteiger charge is -2.37. The minimum absolute atomic E-state index is 0.484. The van der Waals surface area contributed by atoms with Crippen molar-refractivity contribution in [2.45, 2.75) is 50.6 Å². The number of likely N-dealkylation sites (tertiary alicyclic amines) is 1. The summed E-state index contributed by atoms with van der Waals surface area (Å²) in [6.07, 6.45) is 9.79. The highest BCUT2D eigenvalue weighted by Gasteiger charge is 2.28. The molecule has 1 aliphatic carbocycles. The van der Waals surface area contributed by atoms with Crippen LogP contribution in [0.25, 0.3) is 20.7 Å². The number of piperidine rings is 1. The zero-order valence-corrected chi connectivity index (χ0v) is 16.4. The number of nitrogens with one attached hydrogen (secondary N) is 1. The van der Waals surface area contributed by atoms with Gasteiger partial charge in [-0.25, -0.2) is 9.97 Å². The molecule has 3 aromatic rings. The minimum atomic E-state index is 0.484. The third-order valence-corrected chi connectivity index (χ3v) is 7.11. The molecule has 27 heavy (non-hydrogen) atoms. The summed E-state index contributed by atoms with van der Waals surface area (Å²) in [6, 6.07) is 14.1. The Bertz CT molecular complexity index is 901. The maximum absolute atomic E-state index is 4.60. The van der Waals surface area contributed by atoms with E-state index in [0.717, 1.165) is 28.6 Å². The van der Waals surface area contributed by atoms with E-state index >= 15 is 0 Å². The van der Waals surface area contributed by atoms with E-state index in [1.54, 1.807) is 17.7 Å². The smallest absolute Gasteiger partial charge is 0.138 e. The Kier molecular flexibility index (Phi) is 4.80. The van der Waals surface area contributed by atoms with Gasteiger partial charge in [0.2, 0.25) is 0 Å². The molecule has 1 saturated carbocycles. The van der Waals surface area contributed by atoms with Gasteiger partial charge in [-0.05, 0) is 43.9 Å². The molecule has 0 spiro atoms. The van der Waals surface area contributed by atoms with Gasteiger partial charge < -0.3 is 5.32 Å². The fraction of sp³-hybridized carbons (Fsp3) is 0.455. The highest BCUT2D eigenvalue weighted by molar-refractivity contribution is 7.21. The van der Waals surface area contributed by atoms with Crippen molar-refractivity contribution in [2.24, 2.45) is 0 Å². The van der Waals surface area contributed by atoms with Gasteiger partial charge in [-0.1, -0.05) is 43.2 Å². The summed E-state index contributed by atoms with van der Waals surface area (Å²) in [4.78, 5) is 14.1. The lowest BCUT2D eigenvalue weighted by molar-refractivity contribution is 0.156. The van der Waals surface area contributed by atoms with Gasteiger partial charge in [-0.2, -0.15) is 0 Å². The Balaban J connectivity index is 1.37. The van der Waals surface area contributed by atoms with Crippen LogP contribution in [0.4, 0.5) is 5.82 Å². The van der Waals surface area contributed by atoms with Crippen LogP contribution in [-0.2, 0) is 0 Å². The van der Waals surface area contributed by atoms with E-state index in [2.05, 4.69) is 56.6 Å². The zero-order chi connectivity index (χ0) is 18.1. The largest absolute Gasteiger partial charge is 0.365 e. The number of rotatable bonds is 4. The van der Waals surface area contributed by atoms with Crippen LogP contribution in [0.15, 0.2) is 42.7 Å². The molecule has 2 aliphatic rings. The van der Waals surface area contributed by atoms with Crippen molar-refractivity contribution in [3.8, 4) is 10.4 Å². The molecule has 1 aromatic carbocycles. The maximum atomic E-state index is 4.60. The van der Waals surface area contributed by atoms with Crippen LogP contribution in [-0.4, -0.2) is 40.0 Å². The van der Waals surface area contributed by atoms with Gasteiger partial charge in [-0.3, -0.25) is 4.90 Å². The molecule has 5 rings (SSSR count). The Morgan fingerprint density at radius 1 is 1.00 bits per heavy atom. The van der Waals surface area contributed by atoms with Gasteiger partial charge in [0.05, 0.1) is 5.39 Å². The third-order valence-electron chi connectivity index (χ3n) is 6.02. The van der Waals surface area contributed by atoms with Crippen LogP contribution in [0.1, 0.15) is 38.5 Å². The fourth-order valence-corrected chi connectivity index (χ4v) is 5.64. The first-order chi connectivity index (χ1) is 13.4. The van der Waals surface area contributed by atoms with E-state index in [1.165, 1.54) is 55.5 Å². The zero-order valence-electron chi connectivity index (χ0n) is 15.6. The number of nitrogens with zero attached hydrogens (tertiary/aromatic N) is 3. The summed E-state index contributed by atoms with van der Waals surface area (Å²) in [5, 5.41) is 4.91. The molecule has 2 fully saturated rings. The average Bonchev–Trinajstić information content (AvgIpc) is 3.39. The number of hydrogen-bond donors (Lipinski definition) is 1. The molecular weight excluding hydrogens is 352 g/mol. The standard InChI is InChI=1S/C22H26N4S/c1-2-7-16(8-3-1)20-13-19-21(23-15-24-22(19)27-20)25-17-9-6-12-26(14-17)18-10-4-5-11-18/h1-3,7-8,13,15,17-18H,4-6,9-12,14H2,(H,23,24,25)/t17-/m0/s1. The number of anilines is 1. The molecule has 3 heterocycles. The highest BCUT2D eigenvalue weighted by atomic mass is 32.1. The van der Waals surface area contributed by atoms with Crippen molar-refractivity contribution < 1.29 is 0 Å². The molecule has 0 unspecified atom stereocenters. The van der Waals surface area contributed by atoms with Crippen molar-refractivity contribution in [2.75, 3.05) is 18.4 Å². The van der Waals surface area contributed by atoms with Crippen LogP contribution in [0.3, 0.4) is 0 Å². The summed E-state index contributed by atoms with van der Waals surface area (Å²) < 4.78 is 0. The summed E-state index contributed by atoms with van der Waals surface area (Å²) >= 11 is 1.75. The van der Waals surface area contributed by atoms with Crippen molar-refractivity contribution in [3.63, 3.8) is 0 Å². The molecule has 0 radical (unpaired) electrons. The Morgan fingerprint density at radius 2 is 1.85 bits per heavy atom.